The zero-order valence-corrected chi connectivity index (χ0v) is 11.3. The second-order valence-corrected chi connectivity index (χ2v) is 4.75. The van der Waals surface area contributed by atoms with Crippen LogP contribution in [0.1, 0.15) is 23.7 Å². The Morgan fingerprint density at radius 3 is 2.70 bits per heavy atom. The third kappa shape index (κ3) is 2.32. The standard InChI is InChI=1S/C18H15NO/c1-2-18(20)15-8-5-7-14(12-15)17-11-10-13-6-3-4-9-16(13)19-17/h3-12H,2H2,1H3. The van der Waals surface area contributed by atoms with E-state index in [1.54, 1.807) is 0 Å². The molecule has 3 aromatic rings. The Morgan fingerprint density at radius 2 is 1.85 bits per heavy atom. The maximum absolute atomic E-state index is 11.8. The molecule has 20 heavy (non-hydrogen) atoms. The quantitative estimate of drug-likeness (QED) is 0.650. The van der Waals surface area contributed by atoms with Crippen molar-refractivity contribution in [2.75, 3.05) is 0 Å². The number of fused-ring (bicyclic) bond motifs is 1. The highest BCUT2D eigenvalue weighted by Crippen LogP contribution is 2.22. The van der Waals surface area contributed by atoms with Crippen molar-refractivity contribution in [3.05, 3.63) is 66.2 Å². The zero-order valence-electron chi connectivity index (χ0n) is 11.3. The number of carbonyl (C=O) groups is 1. The predicted molar refractivity (Wildman–Crippen MR) is 81.8 cm³/mol. The molecule has 0 N–H and O–H groups in total. The highest BCUT2D eigenvalue weighted by Gasteiger charge is 2.06. The van der Waals surface area contributed by atoms with E-state index in [0.717, 1.165) is 27.7 Å². The van der Waals surface area contributed by atoms with Crippen LogP contribution in [0, 0.1) is 0 Å². The van der Waals surface area contributed by atoms with Gasteiger partial charge in [-0.3, -0.25) is 4.79 Å². The van der Waals surface area contributed by atoms with Gasteiger partial charge in [0.1, 0.15) is 0 Å². The van der Waals surface area contributed by atoms with Gasteiger partial charge >= 0.3 is 0 Å². The molecule has 0 saturated carbocycles. The third-order valence-electron chi connectivity index (χ3n) is 3.40. The van der Waals surface area contributed by atoms with E-state index in [9.17, 15) is 4.79 Å². The van der Waals surface area contributed by atoms with Gasteiger partial charge in [-0.05, 0) is 18.2 Å². The van der Waals surface area contributed by atoms with Crippen molar-refractivity contribution >= 4 is 16.7 Å². The highest BCUT2D eigenvalue weighted by molar-refractivity contribution is 5.97. The smallest absolute Gasteiger partial charge is 0.162 e. The molecule has 2 nitrogen and oxygen atoms in total. The van der Waals surface area contributed by atoms with Gasteiger partial charge in [0.15, 0.2) is 5.78 Å². The average molecular weight is 261 g/mol. The van der Waals surface area contributed by atoms with Crippen molar-refractivity contribution in [3.63, 3.8) is 0 Å². The van der Waals surface area contributed by atoms with E-state index < -0.39 is 0 Å². The van der Waals surface area contributed by atoms with Crippen molar-refractivity contribution in [3.8, 4) is 11.3 Å². The molecule has 0 fully saturated rings. The summed E-state index contributed by atoms with van der Waals surface area (Å²) in [6, 6.07) is 19.8. The number of hydrogen-bond acceptors (Lipinski definition) is 2. The summed E-state index contributed by atoms with van der Waals surface area (Å²) in [5.41, 5.74) is 3.60. The zero-order chi connectivity index (χ0) is 13.9. The van der Waals surface area contributed by atoms with Crippen LogP contribution in [0.2, 0.25) is 0 Å². The number of rotatable bonds is 3. The largest absolute Gasteiger partial charge is 0.294 e. The molecule has 0 saturated heterocycles. The van der Waals surface area contributed by atoms with Crippen molar-refractivity contribution < 1.29 is 4.79 Å². The van der Waals surface area contributed by atoms with Gasteiger partial charge in [0.05, 0.1) is 11.2 Å². The molecule has 0 unspecified atom stereocenters. The minimum Gasteiger partial charge on any atom is -0.294 e. The van der Waals surface area contributed by atoms with Gasteiger partial charge < -0.3 is 0 Å². The summed E-state index contributed by atoms with van der Waals surface area (Å²) in [6.45, 7) is 1.88. The Labute approximate surface area is 118 Å². The number of hydrogen-bond donors (Lipinski definition) is 0. The topological polar surface area (TPSA) is 30.0 Å². The molecule has 0 amide bonds. The van der Waals surface area contributed by atoms with Crippen molar-refractivity contribution in [1.82, 2.24) is 4.98 Å². The molecule has 2 heteroatoms. The van der Waals surface area contributed by atoms with Crippen LogP contribution in [0.4, 0.5) is 0 Å². The molecule has 0 spiro atoms. The van der Waals surface area contributed by atoms with Crippen LogP contribution in [-0.4, -0.2) is 10.8 Å². The Kier molecular flexibility index (Phi) is 3.30. The first-order chi connectivity index (χ1) is 9.78. The van der Waals surface area contributed by atoms with Gasteiger partial charge in [0, 0.05) is 22.9 Å². The lowest BCUT2D eigenvalue weighted by Gasteiger charge is -2.05. The van der Waals surface area contributed by atoms with E-state index in [4.69, 9.17) is 0 Å². The van der Waals surface area contributed by atoms with Crippen LogP contribution in [0.3, 0.4) is 0 Å². The molecule has 2 aromatic carbocycles. The van der Waals surface area contributed by atoms with Gasteiger partial charge in [0.2, 0.25) is 0 Å². The van der Waals surface area contributed by atoms with Gasteiger partial charge in [0.25, 0.3) is 0 Å². The molecule has 0 aliphatic heterocycles. The van der Waals surface area contributed by atoms with Gasteiger partial charge in [-0.1, -0.05) is 49.4 Å². The van der Waals surface area contributed by atoms with E-state index in [1.165, 1.54) is 0 Å². The maximum Gasteiger partial charge on any atom is 0.162 e. The minimum absolute atomic E-state index is 0.160. The van der Waals surface area contributed by atoms with Crippen LogP contribution in [0.25, 0.3) is 22.2 Å². The average Bonchev–Trinajstić information content (AvgIpc) is 2.53. The van der Waals surface area contributed by atoms with Crippen LogP contribution in [0.5, 0.6) is 0 Å². The van der Waals surface area contributed by atoms with E-state index in [0.29, 0.717) is 6.42 Å². The second kappa shape index (κ2) is 5.25. The first-order valence-corrected chi connectivity index (χ1v) is 6.77. The fraction of sp³-hybridized carbons (Fsp3) is 0.111. The maximum atomic E-state index is 11.8. The Balaban J connectivity index is 2.08. The SMILES string of the molecule is CCC(=O)c1cccc(-c2ccc3ccccc3n2)c1. The number of Topliss-reactive ketones (excluding diaryl/α,β-unsaturated/α-hetero) is 1. The lowest BCUT2D eigenvalue weighted by molar-refractivity contribution is 0.0988. The summed E-state index contributed by atoms with van der Waals surface area (Å²) in [5, 5.41) is 1.12. The summed E-state index contributed by atoms with van der Waals surface area (Å²) < 4.78 is 0. The van der Waals surface area contributed by atoms with Gasteiger partial charge in [-0.15, -0.1) is 0 Å². The van der Waals surface area contributed by atoms with E-state index in [1.807, 2.05) is 61.5 Å². The third-order valence-corrected chi connectivity index (χ3v) is 3.40. The summed E-state index contributed by atoms with van der Waals surface area (Å²) in [4.78, 5) is 16.4. The van der Waals surface area contributed by atoms with Crippen molar-refractivity contribution in [2.45, 2.75) is 13.3 Å². The predicted octanol–water partition coefficient (Wildman–Crippen LogP) is 4.49. The van der Waals surface area contributed by atoms with Gasteiger partial charge in [-0.25, -0.2) is 4.98 Å². The number of para-hydroxylation sites is 1. The first kappa shape index (κ1) is 12.5. The second-order valence-electron chi connectivity index (χ2n) is 4.75. The normalized spacial score (nSPS) is 10.7. The van der Waals surface area contributed by atoms with E-state index in [-0.39, 0.29) is 5.78 Å². The number of carbonyl (C=O) groups excluding carboxylic acids is 1. The summed E-state index contributed by atoms with van der Waals surface area (Å²) in [7, 11) is 0. The van der Waals surface area contributed by atoms with Crippen LogP contribution >= 0.6 is 0 Å². The number of aromatic nitrogens is 1. The Morgan fingerprint density at radius 1 is 1.00 bits per heavy atom. The highest BCUT2D eigenvalue weighted by atomic mass is 16.1. The van der Waals surface area contributed by atoms with E-state index >= 15 is 0 Å². The van der Waals surface area contributed by atoms with Crippen molar-refractivity contribution in [2.24, 2.45) is 0 Å². The molecule has 0 atom stereocenters. The minimum atomic E-state index is 0.160. The van der Waals surface area contributed by atoms with E-state index in [2.05, 4.69) is 11.1 Å². The number of pyridine rings is 1. The monoisotopic (exact) mass is 261 g/mol. The van der Waals surface area contributed by atoms with Crippen LogP contribution < -0.4 is 0 Å². The fourth-order valence-electron chi connectivity index (χ4n) is 2.28. The lowest BCUT2D eigenvalue weighted by Crippen LogP contribution is -1.96. The Hall–Kier alpha value is -2.48. The van der Waals surface area contributed by atoms with Crippen molar-refractivity contribution in [1.29, 1.82) is 0 Å². The summed E-state index contributed by atoms with van der Waals surface area (Å²) in [5.74, 6) is 0.160. The Bertz CT molecular complexity index is 777. The number of benzene rings is 2. The summed E-state index contributed by atoms with van der Waals surface area (Å²) >= 11 is 0. The molecule has 0 radical (unpaired) electrons. The molecular weight excluding hydrogens is 246 g/mol. The molecule has 3 rings (SSSR count). The number of ketones is 1. The number of nitrogens with zero attached hydrogens (tertiary/aromatic N) is 1. The summed E-state index contributed by atoms with van der Waals surface area (Å²) in [6.07, 6.45) is 0.522. The molecular formula is C18H15NO. The molecule has 1 heterocycles. The molecule has 98 valence electrons. The lowest BCUT2D eigenvalue weighted by atomic mass is 10.0. The first-order valence-electron chi connectivity index (χ1n) is 6.77. The van der Waals surface area contributed by atoms with Crippen LogP contribution in [-0.2, 0) is 0 Å². The van der Waals surface area contributed by atoms with Crippen LogP contribution in [0.15, 0.2) is 60.7 Å². The molecule has 0 aliphatic carbocycles. The molecule has 0 bridgehead atoms. The molecule has 1 aromatic heterocycles. The molecule has 0 aliphatic rings. The fourth-order valence-corrected chi connectivity index (χ4v) is 2.28. The van der Waals surface area contributed by atoms with Gasteiger partial charge in [-0.2, -0.15) is 0 Å².